The third-order valence-corrected chi connectivity index (χ3v) is 26.0. The highest BCUT2D eigenvalue weighted by molar-refractivity contribution is 5.99. The maximum atomic E-state index is 15.7. The number of hydrogen-bond donors (Lipinski definition) is 13. The summed E-state index contributed by atoms with van der Waals surface area (Å²) in [5, 5.41) is 81.1. The number of aromatic nitrogens is 1. The summed E-state index contributed by atoms with van der Waals surface area (Å²) in [6, 6.07) is 0.780. The van der Waals surface area contributed by atoms with Gasteiger partial charge in [-0.2, -0.15) is 0 Å². The molecule has 9 aliphatic rings. The molecule has 33 nitrogen and oxygen atoms in total. The van der Waals surface area contributed by atoms with E-state index in [-0.39, 0.29) is 57.7 Å². The zero-order valence-electron chi connectivity index (χ0n) is 64.8. The number of amides is 8. The summed E-state index contributed by atoms with van der Waals surface area (Å²) in [4.78, 5) is 168. The summed E-state index contributed by atoms with van der Waals surface area (Å²) in [5.41, 5.74) is 2.12. The molecule has 8 heterocycles. The van der Waals surface area contributed by atoms with Gasteiger partial charge in [0, 0.05) is 123 Å². The van der Waals surface area contributed by atoms with Crippen LogP contribution in [0.4, 0.5) is 5.69 Å². The Balaban J connectivity index is 0.770. The van der Waals surface area contributed by atoms with Gasteiger partial charge in [0.1, 0.15) is 47.4 Å². The molecule has 112 heavy (non-hydrogen) atoms. The van der Waals surface area contributed by atoms with E-state index >= 15 is 14.4 Å². The van der Waals surface area contributed by atoms with Crippen LogP contribution < -0.4 is 42.0 Å². The Hall–Kier alpha value is -8.83. The Labute approximate surface area is 649 Å². The van der Waals surface area contributed by atoms with Gasteiger partial charge >= 0.3 is 17.9 Å². The van der Waals surface area contributed by atoms with E-state index in [1.165, 1.54) is 33.2 Å². The van der Waals surface area contributed by atoms with Gasteiger partial charge in [-0.05, 0) is 112 Å². The lowest BCUT2D eigenvalue weighted by Crippen LogP contribution is -2.81. The molecule has 7 unspecified atom stereocenters. The SMILES string of the molecule is CC[C@]1(O)C[C@@H]2CN(CCc3c([nH]c4ccccc34)[C@@](C(=O)OC)(c3cc4c(cc3OC)N(C)C3C45CCN4CC=C[C@](CC)(C45)[C@@H](OC(=O)CC4CCN(C(=O)[C@H](CO)NC(=O)[C@H](CCC(N)=O)NC(=O)C(NC(=O)[C@H](CO)NC(=O)[C@H](CO)NC(=O)[C@H]5CC(O)CN5C(C)=O)C5CCCCC5)C4)[C@]3(O)C(=O)OC)C2)C1. The normalized spacial score (nSPS) is 30.6. The van der Waals surface area contributed by atoms with E-state index < -0.39 is 198 Å². The number of likely N-dealkylation sites (tertiary alicyclic amines) is 2. The molecule has 12 rings (SSSR count). The first-order chi connectivity index (χ1) is 53.5. The lowest BCUT2D eigenvalue weighted by molar-refractivity contribution is -0.229. The molecule has 33 heteroatoms. The summed E-state index contributed by atoms with van der Waals surface area (Å²) < 4.78 is 24.9. The fraction of sp³-hybridized carbons (Fsp3) is 0.658. The number of fused-ring (bicyclic) bond motifs is 6. The molecule has 4 saturated heterocycles. The highest BCUT2D eigenvalue weighted by Crippen LogP contribution is 2.68. The number of primary amides is 1. The monoisotopic (exact) mass is 1560 g/mol. The second-order valence-corrected chi connectivity index (χ2v) is 32.5. The summed E-state index contributed by atoms with van der Waals surface area (Å²) in [5.74, 6) is -10.6. The van der Waals surface area contributed by atoms with E-state index in [0.717, 1.165) is 33.4 Å². The molecule has 0 radical (unpaired) electrons. The number of carbonyl (C=O) groups is 11. The molecule has 2 saturated carbocycles. The Kier molecular flexibility index (Phi) is 24.6. The van der Waals surface area contributed by atoms with E-state index in [9.17, 15) is 69.0 Å². The van der Waals surface area contributed by atoms with Crippen molar-refractivity contribution in [3.63, 3.8) is 0 Å². The fourth-order valence-corrected chi connectivity index (χ4v) is 20.9. The first-order valence-electron chi connectivity index (χ1n) is 39.4. The predicted octanol–water partition coefficient (Wildman–Crippen LogP) is -1.56. The average Bonchev–Trinajstić information content (AvgIpc) is 1.43. The van der Waals surface area contributed by atoms with Gasteiger partial charge in [0.05, 0.1) is 65.3 Å². The summed E-state index contributed by atoms with van der Waals surface area (Å²) in [7, 11) is 5.86. The lowest BCUT2D eigenvalue weighted by atomic mass is 9.47. The van der Waals surface area contributed by atoms with E-state index in [1.807, 2.05) is 67.3 Å². The van der Waals surface area contributed by atoms with Crippen molar-refractivity contribution >= 4 is 81.8 Å². The molecule has 3 aromatic rings. The Morgan fingerprint density at radius 3 is 2.09 bits per heavy atom. The van der Waals surface area contributed by atoms with Crippen molar-refractivity contribution in [2.75, 3.05) is 105 Å². The Morgan fingerprint density at radius 2 is 1.42 bits per heavy atom. The predicted molar refractivity (Wildman–Crippen MR) is 402 cm³/mol. The number of hydrogen-bond acceptors (Lipinski definition) is 24. The van der Waals surface area contributed by atoms with Crippen molar-refractivity contribution in [1.29, 1.82) is 0 Å². The summed E-state index contributed by atoms with van der Waals surface area (Å²) in [6.07, 6.45) is 5.41. The highest BCUT2D eigenvalue weighted by Gasteiger charge is 2.81. The number of aliphatic hydroxyl groups excluding tert-OH is 4. The molecule has 6 fully saturated rings. The molecule has 612 valence electrons. The van der Waals surface area contributed by atoms with Crippen molar-refractivity contribution in [2.24, 2.45) is 28.9 Å². The van der Waals surface area contributed by atoms with Crippen LogP contribution in [0.25, 0.3) is 10.9 Å². The van der Waals surface area contributed by atoms with Crippen molar-refractivity contribution in [3.05, 3.63) is 70.9 Å². The minimum Gasteiger partial charge on any atom is -0.496 e. The number of likely N-dealkylation sites (N-methyl/N-ethyl adjacent to an activating group) is 1. The fourth-order valence-electron chi connectivity index (χ4n) is 20.9. The quantitative estimate of drug-likeness (QED) is 0.0233. The first-order valence-corrected chi connectivity index (χ1v) is 39.4. The number of nitrogens with two attached hydrogens (primary N) is 1. The maximum Gasteiger partial charge on any atom is 0.344 e. The van der Waals surface area contributed by atoms with Gasteiger partial charge < -0.3 is 102 Å². The maximum absolute atomic E-state index is 15.7. The Morgan fingerprint density at radius 1 is 0.741 bits per heavy atom. The number of β-amino-alcohol motifs (C(OH)–C–C–N with tert-alkyl or cyclic N) is 1. The number of methoxy groups -OCH3 is 3. The molecule has 7 aliphatic heterocycles. The van der Waals surface area contributed by atoms with Crippen molar-refractivity contribution in [3.8, 4) is 5.75 Å². The average molecular weight is 1560 g/mol. The number of ether oxygens (including phenoxy) is 4. The van der Waals surface area contributed by atoms with Crippen LogP contribution in [-0.4, -0.2) is 293 Å². The number of benzene rings is 2. The number of nitrogens with zero attached hydrogens (tertiary/aromatic N) is 5. The van der Waals surface area contributed by atoms with E-state index in [1.54, 1.807) is 7.05 Å². The van der Waals surface area contributed by atoms with Crippen molar-refractivity contribution in [2.45, 2.75) is 206 Å². The third kappa shape index (κ3) is 14.9. The van der Waals surface area contributed by atoms with Crippen LogP contribution in [-0.2, 0) is 84.2 Å². The van der Waals surface area contributed by atoms with Crippen LogP contribution in [0.3, 0.4) is 0 Å². The number of rotatable bonds is 27. The van der Waals surface area contributed by atoms with Crippen LogP contribution >= 0.6 is 0 Å². The molecular weight excluding hydrogens is 1450 g/mol. The Bertz CT molecular complexity index is 4150. The number of aliphatic hydroxyl groups is 6. The molecule has 1 spiro atoms. The smallest absolute Gasteiger partial charge is 0.344 e. The van der Waals surface area contributed by atoms with Gasteiger partial charge in [0.2, 0.25) is 52.9 Å². The van der Waals surface area contributed by atoms with Gasteiger partial charge in [-0.3, -0.25) is 57.7 Å². The molecule has 18 atom stereocenters. The number of piperidine rings is 1. The third-order valence-electron chi connectivity index (χ3n) is 26.0. The molecule has 2 aliphatic carbocycles. The van der Waals surface area contributed by atoms with Crippen LogP contribution in [0, 0.1) is 23.2 Å². The number of aromatic amines is 1. The largest absolute Gasteiger partial charge is 0.496 e. The van der Waals surface area contributed by atoms with E-state index in [2.05, 4.69) is 41.4 Å². The molecule has 2 aromatic carbocycles. The topological polar surface area (TPSA) is 464 Å². The van der Waals surface area contributed by atoms with Gasteiger partial charge in [-0.25, -0.2) is 4.79 Å². The summed E-state index contributed by atoms with van der Waals surface area (Å²) >= 11 is 0. The first kappa shape index (κ1) is 82.6. The van der Waals surface area contributed by atoms with Crippen molar-refractivity contribution in [1.82, 2.24) is 51.2 Å². The number of para-hydroxylation sites is 1. The second kappa shape index (κ2) is 33.3. The van der Waals surface area contributed by atoms with Crippen LogP contribution in [0.1, 0.15) is 139 Å². The van der Waals surface area contributed by atoms with E-state index in [0.29, 0.717) is 107 Å². The van der Waals surface area contributed by atoms with E-state index in [4.69, 9.17) is 24.7 Å². The molecule has 8 amide bonds. The zero-order valence-corrected chi connectivity index (χ0v) is 64.8. The van der Waals surface area contributed by atoms with Gasteiger partial charge in [-0.1, -0.05) is 63.5 Å². The minimum absolute atomic E-state index is 0.0376. The number of H-pyrrole nitrogens is 1. The highest BCUT2D eigenvalue weighted by atomic mass is 16.6. The zero-order chi connectivity index (χ0) is 80.7. The molecule has 1 aromatic heterocycles. The standard InChI is InChI=1S/C79H110N12O21/c1-8-75(107)34-45-35-78(73(105)110-6,63-49(23-27-88(36-45)42-75)48-18-13-14-19-52(48)81-63)51-32-50-57(33-59(51)109-5)87(4)71-77(50)25-29-89-26-15-24-76(9-2,70(77)89)72(79(71,108)74(106)111-7)112-61(98)30-44-22-28-90(37-44)69(104)56(41-94)85-64(99)53(20-21-60(80)97)82-68(103)62(46-16-11-10-12-17-46)86-66(101)55(40-93)83-65(100)54(39-92)84-67(102)58-31-47(96)38-91(58)43(3)95/h13-15,18-19,24,32-33,44-47,53-56,58,62,70-72,81,92-94,96,107-108H,8-12,16-17,20-23,25-31,34-42H2,1-7H3,(H2,80,97)(H,82,103)(H,83,100)(H,84,102)(H,85,99)(H,86,101)/t44?,45-,47?,53-,54-,55-,56-,58+,62?,70?,71?,72+,75-,76+,77?,78-,79-/m0/s1. The number of carbonyl (C=O) groups excluding carboxylic acids is 11. The van der Waals surface area contributed by atoms with Gasteiger partial charge in [0.15, 0.2) is 6.10 Å². The van der Waals surface area contributed by atoms with Gasteiger partial charge in [-0.15, -0.1) is 0 Å². The summed E-state index contributed by atoms with van der Waals surface area (Å²) in [6.45, 7) is 4.61. The molecule has 14 N–H and O–H groups in total. The van der Waals surface area contributed by atoms with Crippen LogP contribution in [0.15, 0.2) is 48.6 Å². The van der Waals surface area contributed by atoms with Gasteiger partial charge in [0.25, 0.3) is 0 Å². The number of nitrogens with one attached hydrogen (secondary N) is 6. The molecule has 2 bridgehead atoms. The number of anilines is 1. The number of esters is 3. The van der Waals surface area contributed by atoms with Crippen LogP contribution in [0.2, 0.25) is 0 Å². The van der Waals surface area contributed by atoms with Crippen LogP contribution in [0.5, 0.6) is 5.75 Å². The molecular formula is C79H110N12O21. The van der Waals surface area contributed by atoms with Crippen molar-refractivity contribution < 1.29 is 102 Å². The minimum atomic E-state index is -2.61. The second-order valence-electron chi connectivity index (χ2n) is 32.5. The lowest BCUT2D eigenvalue weighted by Gasteiger charge is -2.63.